The first-order valence-electron chi connectivity index (χ1n) is 6.87. The molecule has 0 radical (unpaired) electrons. The first-order chi connectivity index (χ1) is 9.42. The average Bonchev–Trinajstić information content (AvgIpc) is 2.76. The summed E-state index contributed by atoms with van der Waals surface area (Å²) in [6, 6.07) is 8.12. The summed E-state index contributed by atoms with van der Waals surface area (Å²) < 4.78 is 24.5. The van der Waals surface area contributed by atoms with Crippen LogP contribution < -0.4 is 0 Å². The van der Waals surface area contributed by atoms with Gasteiger partial charge in [0, 0.05) is 19.6 Å². The van der Waals surface area contributed by atoms with Crippen LogP contribution in [0, 0.1) is 23.2 Å². The maximum Gasteiger partial charge on any atom is 0.179 e. The summed E-state index contributed by atoms with van der Waals surface area (Å²) in [6.07, 6.45) is 0. The van der Waals surface area contributed by atoms with E-state index in [0.29, 0.717) is 28.8 Å². The van der Waals surface area contributed by atoms with Crippen LogP contribution in [0.25, 0.3) is 0 Å². The van der Waals surface area contributed by atoms with E-state index in [2.05, 4.69) is 18.7 Å². The Kier molecular flexibility index (Phi) is 4.46. The number of hydrogen-bond acceptors (Lipinski definition) is 4. The zero-order valence-electron chi connectivity index (χ0n) is 11.9. The molecule has 1 aromatic carbocycles. The Morgan fingerprint density at radius 3 is 2.25 bits per heavy atom. The SMILES string of the molecule is CC1CN(CCS(=O)(=O)c2ccc(C#N)cc2)CC1C. The fourth-order valence-corrected chi connectivity index (χ4v) is 3.82. The Labute approximate surface area is 120 Å². The molecule has 1 saturated heterocycles. The molecule has 1 aliphatic rings. The van der Waals surface area contributed by atoms with Crippen molar-refractivity contribution in [2.75, 3.05) is 25.4 Å². The summed E-state index contributed by atoms with van der Waals surface area (Å²) in [5, 5.41) is 8.72. The van der Waals surface area contributed by atoms with Gasteiger partial charge < -0.3 is 4.90 Å². The van der Waals surface area contributed by atoms with Crippen molar-refractivity contribution in [2.45, 2.75) is 18.7 Å². The van der Waals surface area contributed by atoms with E-state index in [-0.39, 0.29) is 5.75 Å². The number of nitriles is 1. The van der Waals surface area contributed by atoms with Crippen LogP contribution in [0.15, 0.2) is 29.2 Å². The highest BCUT2D eigenvalue weighted by Crippen LogP contribution is 2.22. The smallest absolute Gasteiger partial charge is 0.179 e. The van der Waals surface area contributed by atoms with Gasteiger partial charge in [0.25, 0.3) is 0 Å². The molecular formula is C15H20N2O2S. The molecular weight excluding hydrogens is 272 g/mol. The Balaban J connectivity index is 1.99. The van der Waals surface area contributed by atoms with Crippen LogP contribution in [-0.2, 0) is 9.84 Å². The zero-order chi connectivity index (χ0) is 14.8. The molecule has 1 aromatic rings. The minimum Gasteiger partial charge on any atom is -0.302 e. The van der Waals surface area contributed by atoms with Gasteiger partial charge in [-0.2, -0.15) is 5.26 Å². The summed E-state index contributed by atoms with van der Waals surface area (Å²) in [7, 11) is -3.26. The van der Waals surface area contributed by atoms with Crippen molar-refractivity contribution in [3.05, 3.63) is 29.8 Å². The van der Waals surface area contributed by atoms with Crippen LogP contribution in [0.2, 0.25) is 0 Å². The molecule has 2 unspecified atom stereocenters. The van der Waals surface area contributed by atoms with Crippen molar-refractivity contribution in [1.29, 1.82) is 5.26 Å². The van der Waals surface area contributed by atoms with Crippen LogP contribution in [0.3, 0.4) is 0 Å². The number of hydrogen-bond donors (Lipinski definition) is 0. The topological polar surface area (TPSA) is 61.2 Å². The van der Waals surface area contributed by atoms with Gasteiger partial charge in [-0.3, -0.25) is 0 Å². The minimum absolute atomic E-state index is 0.137. The standard InChI is InChI=1S/C15H20N2O2S/c1-12-10-17(11-13(12)2)7-8-20(18,19)15-5-3-14(9-16)4-6-15/h3-6,12-13H,7-8,10-11H2,1-2H3. The number of nitrogens with zero attached hydrogens (tertiary/aromatic N) is 2. The fourth-order valence-electron chi connectivity index (χ4n) is 2.54. The highest BCUT2D eigenvalue weighted by Gasteiger charge is 2.27. The van der Waals surface area contributed by atoms with E-state index < -0.39 is 9.84 Å². The maximum atomic E-state index is 12.2. The highest BCUT2D eigenvalue weighted by atomic mass is 32.2. The number of rotatable bonds is 4. The molecule has 4 nitrogen and oxygen atoms in total. The Bertz CT molecular complexity index is 592. The minimum atomic E-state index is -3.26. The van der Waals surface area contributed by atoms with Crippen LogP contribution >= 0.6 is 0 Å². The van der Waals surface area contributed by atoms with Crippen molar-refractivity contribution in [2.24, 2.45) is 11.8 Å². The van der Waals surface area contributed by atoms with Crippen molar-refractivity contribution in [1.82, 2.24) is 4.90 Å². The molecule has 0 N–H and O–H groups in total. The van der Waals surface area contributed by atoms with E-state index >= 15 is 0 Å². The normalized spacial score (nSPS) is 23.6. The molecule has 20 heavy (non-hydrogen) atoms. The van der Waals surface area contributed by atoms with E-state index in [4.69, 9.17) is 5.26 Å². The summed E-state index contributed by atoms with van der Waals surface area (Å²) in [5.41, 5.74) is 0.478. The Morgan fingerprint density at radius 2 is 1.75 bits per heavy atom. The molecule has 5 heteroatoms. The van der Waals surface area contributed by atoms with E-state index in [1.54, 1.807) is 12.1 Å². The van der Waals surface area contributed by atoms with Gasteiger partial charge in [0.1, 0.15) is 0 Å². The molecule has 0 aliphatic carbocycles. The monoisotopic (exact) mass is 292 g/mol. The molecule has 1 heterocycles. The third kappa shape index (κ3) is 3.38. The van der Waals surface area contributed by atoms with Crippen molar-refractivity contribution < 1.29 is 8.42 Å². The predicted molar refractivity (Wildman–Crippen MR) is 78.0 cm³/mol. The molecule has 108 valence electrons. The average molecular weight is 292 g/mol. The van der Waals surface area contributed by atoms with E-state index in [0.717, 1.165) is 13.1 Å². The van der Waals surface area contributed by atoms with Gasteiger partial charge in [0.15, 0.2) is 9.84 Å². The lowest BCUT2D eigenvalue weighted by molar-refractivity contribution is 0.343. The number of sulfone groups is 1. The van der Waals surface area contributed by atoms with Crippen molar-refractivity contribution >= 4 is 9.84 Å². The molecule has 1 aliphatic heterocycles. The second kappa shape index (κ2) is 5.94. The lowest BCUT2D eigenvalue weighted by atomic mass is 10.0. The molecule has 2 rings (SSSR count). The van der Waals surface area contributed by atoms with E-state index in [9.17, 15) is 8.42 Å². The molecule has 0 spiro atoms. The van der Waals surface area contributed by atoms with Gasteiger partial charge >= 0.3 is 0 Å². The van der Waals surface area contributed by atoms with Crippen LogP contribution in [0.4, 0.5) is 0 Å². The number of benzene rings is 1. The van der Waals surface area contributed by atoms with Crippen molar-refractivity contribution in [3.63, 3.8) is 0 Å². The van der Waals surface area contributed by atoms with Gasteiger partial charge in [-0.15, -0.1) is 0 Å². The Morgan fingerprint density at radius 1 is 1.20 bits per heavy atom. The van der Waals surface area contributed by atoms with Crippen LogP contribution in [0.5, 0.6) is 0 Å². The summed E-state index contributed by atoms with van der Waals surface area (Å²) in [5.74, 6) is 1.40. The molecule has 0 aromatic heterocycles. The Hall–Kier alpha value is -1.38. The molecule has 0 amide bonds. The summed E-state index contributed by atoms with van der Waals surface area (Å²) >= 11 is 0. The van der Waals surface area contributed by atoms with E-state index in [1.165, 1.54) is 12.1 Å². The van der Waals surface area contributed by atoms with Crippen LogP contribution in [-0.4, -0.2) is 38.7 Å². The lowest BCUT2D eigenvalue weighted by Gasteiger charge is -2.15. The van der Waals surface area contributed by atoms with Crippen LogP contribution in [0.1, 0.15) is 19.4 Å². The van der Waals surface area contributed by atoms with Gasteiger partial charge in [0.2, 0.25) is 0 Å². The van der Waals surface area contributed by atoms with Crippen molar-refractivity contribution in [3.8, 4) is 6.07 Å². The summed E-state index contributed by atoms with van der Waals surface area (Å²) in [6.45, 7) is 6.95. The highest BCUT2D eigenvalue weighted by molar-refractivity contribution is 7.91. The molecule has 0 bridgehead atoms. The van der Waals surface area contributed by atoms with Gasteiger partial charge in [-0.25, -0.2) is 8.42 Å². The third-order valence-electron chi connectivity index (χ3n) is 4.08. The van der Waals surface area contributed by atoms with Gasteiger partial charge in [0.05, 0.1) is 22.3 Å². The second-order valence-electron chi connectivity index (χ2n) is 5.67. The fraction of sp³-hybridized carbons (Fsp3) is 0.533. The summed E-state index contributed by atoms with van der Waals surface area (Å²) in [4.78, 5) is 2.52. The van der Waals surface area contributed by atoms with Gasteiger partial charge in [-0.05, 0) is 36.1 Å². The zero-order valence-corrected chi connectivity index (χ0v) is 12.7. The predicted octanol–water partition coefficient (Wildman–Crippen LogP) is 1.92. The van der Waals surface area contributed by atoms with E-state index in [1.807, 2.05) is 6.07 Å². The van der Waals surface area contributed by atoms with Gasteiger partial charge in [-0.1, -0.05) is 13.8 Å². The molecule has 0 saturated carbocycles. The quantitative estimate of drug-likeness (QED) is 0.850. The second-order valence-corrected chi connectivity index (χ2v) is 7.78. The first kappa shape index (κ1) is 15.0. The first-order valence-corrected chi connectivity index (χ1v) is 8.53. The third-order valence-corrected chi connectivity index (χ3v) is 5.79. The maximum absolute atomic E-state index is 12.2. The lowest BCUT2D eigenvalue weighted by Crippen LogP contribution is -2.27. The molecule has 2 atom stereocenters. The molecule has 1 fully saturated rings. The number of likely N-dealkylation sites (tertiary alicyclic amines) is 1. The largest absolute Gasteiger partial charge is 0.302 e.